The van der Waals surface area contributed by atoms with Crippen LogP contribution in [0.5, 0.6) is 0 Å². The van der Waals surface area contributed by atoms with E-state index in [0.717, 1.165) is 0 Å². The number of nitrogens with zero attached hydrogens (tertiary/aromatic N) is 4. The number of hydrogen-bond donors (Lipinski definition) is 0. The molecule has 0 saturated heterocycles. The minimum Gasteiger partial charge on any atom is -0.339 e. The van der Waals surface area contributed by atoms with Gasteiger partial charge in [0, 0.05) is 12.6 Å². The smallest absolute Gasteiger partial charge is 0.267 e. The molecule has 0 radical (unpaired) electrons. The van der Waals surface area contributed by atoms with E-state index in [0.29, 0.717) is 27.5 Å². The summed E-state index contributed by atoms with van der Waals surface area (Å²) in [6.45, 7) is 4.00. The van der Waals surface area contributed by atoms with Gasteiger partial charge in [0.1, 0.15) is 5.82 Å². The highest BCUT2D eigenvalue weighted by molar-refractivity contribution is 14.1. The Kier molecular flexibility index (Phi) is 3.55. The Bertz CT molecular complexity index is 590. The summed E-state index contributed by atoms with van der Waals surface area (Å²) >= 11 is 1.96. The van der Waals surface area contributed by atoms with Gasteiger partial charge in [0.2, 0.25) is 5.89 Å². The van der Waals surface area contributed by atoms with Crippen LogP contribution in [0, 0.1) is 10.5 Å². The molecule has 0 unspecified atom stereocenters. The maximum atomic E-state index is 11.9. The van der Waals surface area contributed by atoms with Gasteiger partial charge in [-0.2, -0.15) is 4.98 Å². The summed E-state index contributed by atoms with van der Waals surface area (Å²) in [5.41, 5.74) is -0.0825. The molecule has 0 aliphatic rings. The zero-order chi connectivity index (χ0) is 12.4. The molecule has 0 aliphatic heterocycles. The molecule has 0 N–H and O–H groups in total. The van der Waals surface area contributed by atoms with Crippen molar-refractivity contribution >= 4 is 22.6 Å². The topological polar surface area (TPSA) is 73.8 Å². The van der Waals surface area contributed by atoms with E-state index >= 15 is 0 Å². The van der Waals surface area contributed by atoms with Crippen LogP contribution in [-0.4, -0.2) is 19.7 Å². The van der Waals surface area contributed by atoms with E-state index in [2.05, 4.69) is 15.1 Å². The molecular weight excluding hydrogens is 335 g/mol. The normalized spacial score (nSPS) is 10.8. The van der Waals surface area contributed by atoms with Crippen molar-refractivity contribution in [3.05, 3.63) is 37.7 Å². The molecule has 0 bridgehead atoms. The van der Waals surface area contributed by atoms with Crippen molar-refractivity contribution < 1.29 is 4.52 Å². The SMILES string of the molecule is CCc1nc(Cn2c(C)ncc(I)c2=O)no1. The van der Waals surface area contributed by atoms with Gasteiger partial charge in [0.25, 0.3) is 5.56 Å². The predicted octanol–water partition coefficient (Wildman–Crippen LogP) is 1.15. The van der Waals surface area contributed by atoms with Crippen molar-refractivity contribution in [2.24, 2.45) is 0 Å². The van der Waals surface area contributed by atoms with Gasteiger partial charge in [0.15, 0.2) is 5.82 Å². The zero-order valence-corrected chi connectivity index (χ0v) is 11.6. The van der Waals surface area contributed by atoms with Gasteiger partial charge in [0.05, 0.1) is 10.1 Å². The molecule has 0 spiro atoms. The molecule has 0 fully saturated rings. The van der Waals surface area contributed by atoms with Gasteiger partial charge in [-0.3, -0.25) is 9.36 Å². The largest absolute Gasteiger partial charge is 0.339 e. The fraction of sp³-hybridized carbons (Fsp3) is 0.400. The molecule has 90 valence electrons. The highest BCUT2D eigenvalue weighted by Gasteiger charge is 2.10. The van der Waals surface area contributed by atoms with Crippen LogP contribution in [0.2, 0.25) is 0 Å². The number of rotatable bonds is 3. The first kappa shape index (κ1) is 12.2. The van der Waals surface area contributed by atoms with Crippen molar-refractivity contribution in [2.75, 3.05) is 0 Å². The first-order chi connectivity index (χ1) is 8.11. The van der Waals surface area contributed by atoms with Crippen LogP contribution >= 0.6 is 22.6 Å². The van der Waals surface area contributed by atoms with Gasteiger partial charge in [-0.15, -0.1) is 0 Å². The van der Waals surface area contributed by atoms with Crippen LogP contribution in [0.15, 0.2) is 15.5 Å². The minimum absolute atomic E-state index is 0.0825. The highest BCUT2D eigenvalue weighted by Crippen LogP contribution is 2.02. The Morgan fingerprint density at radius 3 is 2.94 bits per heavy atom. The second-order valence-electron chi connectivity index (χ2n) is 3.50. The number of aromatic nitrogens is 4. The van der Waals surface area contributed by atoms with Crippen LogP contribution < -0.4 is 5.56 Å². The van der Waals surface area contributed by atoms with E-state index in [1.54, 1.807) is 13.1 Å². The Morgan fingerprint density at radius 2 is 2.29 bits per heavy atom. The lowest BCUT2D eigenvalue weighted by Crippen LogP contribution is -2.26. The van der Waals surface area contributed by atoms with Crippen LogP contribution in [0.3, 0.4) is 0 Å². The van der Waals surface area contributed by atoms with E-state index < -0.39 is 0 Å². The highest BCUT2D eigenvalue weighted by atomic mass is 127. The van der Waals surface area contributed by atoms with Gasteiger partial charge in [-0.25, -0.2) is 4.98 Å². The quantitative estimate of drug-likeness (QED) is 0.780. The second kappa shape index (κ2) is 4.94. The predicted molar refractivity (Wildman–Crippen MR) is 68.7 cm³/mol. The lowest BCUT2D eigenvalue weighted by Gasteiger charge is -2.05. The summed E-state index contributed by atoms with van der Waals surface area (Å²) < 4.78 is 7.11. The summed E-state index contributed by atoms with van der Waals surface area (Å²) in [5.74, 6) is 1.71. The number of aryl methyl sites for hydroxylation is 2. The first-order valence-electron chi connectivity index (χ1n) is 5.15. The van der Waals surface area contributed by atoms with Crippen molar-refractivity contribution in [3.8, 4) is 0 Å². The molecule has 6 nitrogen and oxygen atoms in total. The van der Waals surface area contributed by atoms with Gasteiger partial charge < -0.3 is 4.52 Å². The van der Waals surface area contributed by atoms with Crippen LogP contribution in [0.4, 0.5) is 0 Å². The minimum atomic E-state index is -0.0825. The first-order valence-corrected chi connectivity index (χ1v) is 6.23. The van der Waals surface area contributed by atoms with Crippen molar-refractivity contribution in [3.63, 3.8) is 0 Å². The zero-order valence-electron chi connectivity index (χ0n) is 9.47. The summed E-state index contributed by atoms with van der Waals surface area (Å²) in [5, 5.41) is 3.82. The summed E-state index contributed by atoms with van der Waals surface area (Å²) in [6, 6.07) is 0. The molecule has 0 amide bonds. The molecule has 2 rings (SSSR count). The van der Waals surface area contributed by atoms with Gasteiger partial charge >= 0.3 is 0 Å². The lowest BCUT2D eigenvalue weighted by atomic mass is 10.4. The van der Waals surface area contributed by atoms with E-state index in [9.17, 15) is 4.79 Å². The standard InChI is InChI=1S/C10H11IN4O2/c1-3-9-13-8(14-17-9)5-15-6(2)12-4-7(11)10(15)16/h4H,3,5H2,1-2H3. The molecule has 0 saturated carbocycles. The van der Waals surface area contributed by atoms with E-state index in [1.807, 2.05) is 29.5 Å². The molecule has 7 heteroatoms. The molecular formula is C10H11IN4O2. The van der Waals surface area contributed by atoms with Crippen molar-refractivity contribution in [1.82, 2.24) is 19.7 Å². The fourth-order valence-electron chi connectivity index (χ4n) is 1.38. The fourth-order valence-corrected chi connectivity index (χ4v) is 1.81. The average molecular weight is 346 g/mol. The number of hydrogen-bond acceptors (Lipinski definition) is 5. The molecule has 0 aromatic carbocycles. The molecule has 17 heavy (non-hydrogen) atoms. The van der Waals surface area contributed by atoms with Crippen LogP contribution in [0.25, 0.3) is 0 Å². The van der Waals surface area contributed by atoms with Gasteiger partial charge in [-0.05, 0) is 29.5 Å². The van der Waals surface area contributed by atoms with E-state index in [4.69, 9.17) is 4.52 Å². The van der Waals surface area contributed by atoms with Gasteiger partial charge in [-0.1, -0.05) is 12.1 Å². The monoisotopic (exact) mass is 346 g/mol. The second-order valence-corrected chi connectivity index (χ2v) is 4.66. The summed E-state index contributed by atoms with van der Waals surface area (Å²) in [7, 11) is 0. The maximum absolute atomic E-state index is 11.9. The third-order valence-corrected chi connectivity index (χ3v) is 3.06. The Labute approximate surface area is 111 Å². The number of halogens is 1. The molecule has 2 aromatic rings. The Hall–Kier alpha value is -1.25. The van der Waals surface area contributed by atoms with Crippen LogP contribution in [0.1, 0.15) is 24.5 Å². The summed E-state index contributed by atoms with van der Waals surface area (Å²) in [6.07, 6.45) is 2.24. The summed E-state index contributed by atoms with van der Waals surface area (Å²) in [4.78, 5) is 20.2. The third-order valence-electron chi connectivity index (χ3n) is 2.32. The maximum Gasteiger partial charge on any atom is 0.267 e. The molecule has 0 aliphatic carbocycles. The van der Waals surface area contributed by atoms with E-state index in [1.165, 1.54) is 4.57 Å². The third kappa shape index (κ3) is 2.54. The molecule has 2 aromatic heterocycles. The van der Waals surface area contributed by atoms with Crippen LogP contribution in [-0.2, 0) is 13.0 Å². The molecule has 2 heterocycles. The van der Waals surface area contributed by atoms with Crippen molar-refractivity contribution in [2.45, 2.75) is 26.8 Å². The average Bonchev–Trinajstić information content (AvgIpc) is 2.77. The van der Waals surface area contributed by atoms with Crippen molar-refractivity contribution in [1.29, 1.82) is 0 Å². The lowest BCUT2D eigenvalue weighted by molar-refractivity contribution is 0.375. The molecule has 0 atom stereocenters. The van der Waals surface area contributed by atoms with E-state index in [-0.39, 0.29) is 12.1 Å². The Morgan fingerprint density at radius 1 is 1.53 bits per heavy atom. The Balaban J connectivity index is 2.36.